The van der Waals surface area contributed by atoms with Gasteiger partial charge in [-0.25, -0.2) is 13.4 Å². The zero-order valence-electron chi connectivity index (χ0n) is 18.7. The van der Waals surface area contributed by atoms with Crippen molar-refractivity contribution < 1.29 is 17.7 Å². The van der Waals surface area contributed by atoms with Gasteiger partial charge in [0, 0.05) is 43.4 Å². The molecule has 0 spiro atoms. The Kier molecular flexibility index (Phi) is 6.52. The SMILES string of the molecule is CC(C)CNc1ccc(S(=O)(=O)N2CC[C@@H](NC(=O)c3cc(C4CC4)on3)C[C@H]2C)cn1. The summed E-state index contributed by atoms with van der Waals surface area (Å²) in [5.41, 5.74) is 0.284. The molecule has 2 aliphatic rings. The van der Waals surface area contributed by atoms with Crippen LogP contribution in [0.2, 0.25) is 0 Å². The molecule has 32 heavy (non-hydrogen) atoms. The molecule has 0 aromatic carbocycles. The smallest absolute Gasteiger partial charge is 0.273 e. The number of pyridine rings is 1. The van der Waals surface area contributed by atoms with Gasteiger partial charge < -0.3 is 15.2 Å². The highest BCUT2D eigenvalue weighted by atomic mass is 32.2. The Morgan fingerprint density at radius 3 is 2.69 bits per heavy atom. The molecule has 2 atom stereocenters. The van der Waals surface area contributed by atoms with Crippen LogP contribution < -0.4 is 10.6 Å². The normalized spacial score (nSPS) is 22.1. The zero-order valence-corrected chi connectivity index (χ0v) is 19.6. The van der Waals surface area contributed by atoms with Gasteiger partial charge in [0.1, 0.15) is 16.5 Å². The summed E-state index contributed by atoms with van der Waals surface area (Å²) in [4.78, 5) is 17.0. The summed E-state index contributed by atoms with van der Waals surface area (Å²) >= 11 is 0. The predicted octanol–water partition coefficient (Wildman–Crippen LogP) is 2.99. The highest BCUT2D eigenvalue weighted by molar-refractivity contribution is 7.89. The number of hydrogen-bond acceptors (Lipinski definition) is 7. The third-order valence-electron chi connectivity index (χ3n) is 5.93. The number of carbonyl (C=O) groups excluding carboxylic acids is 1. The van der Waals surface area contributed by atoms with Crippen LogP contribution in [0.4, 0.5) is 5.82 Å². The average molecular weight is 462 g/mol. The van der Waals surface area contributed by atoms with E-state index in [1.54, 1.807) is 18.2 Å². The maximum absolute atomic E-state index is 13.2. The lowest BCUT2D eigenvalue weighted by Gasteiger charge is -2.36. The fourth-order valence-corrected chi connectivity index (χ4v) is 5.54. The minimum Gasteiger partial charge on any atom is -0.370 e. The first-order valence-corrected chi connectivity index (χ1v) is 12.7. The van der Waals surface area contributed by atoms with E-state index in [0.29, 0.717) is 37.0 Å². The number of hydrogen-bond donors (Lipinski definition) is 2. The van der Waals surface area contributed by atoms with Gasteiger partial charge in [-0.3, -0.25) is 4.79 Å². The van der Waals surface area contributed by atoms with Crippen molar-refractivity contribution in [2.45, 2.75) is 69.4 Å². The summed E-state index contributed by atoms with van der Waals surface area (Å²) in [6, 6.07) is 4.62. The van der Waals surface area contributed by atoms with Gasteiger partial charge in [-0.05, 0) is 50.7 Å². The van der Waals surface area contributed by atoms with Gasteiger partial charge in [0.2, 0.25) is 10.0 Å². The first-order chi connectivity index (χ1) is 15.2. The van der Waals surface area contributed by atoms with E-state index < -0.39 is 10.0 Å². The number of rotatable bonds is 8. The molecule has 2 fully saturated rings. The summed E-state index contributed by atoms with van der Waals surface area (Å²) in [5, 5.41) is 10.0. The van der Waals surface area contributed by atoms with Crippen molar-refractivity contribution in [3.63, 3.8) is 0 Å². The second-order valence-corrected chi connectivity index (χ2v) is 11.1. The average Bonchev–Trinajstić information content (AvgIpc) is 3.48. The minimum absolute atomic E-state index is 0.120. The molecule has 174 valence electrons. The molecular weight excluding hydrogens is 430 g/mol. The Hall–Kier alpha value is -2.46. The lowest BCUT2D eigenvalue weighted by molar-refractivity contribution is 0.0905. The maximum atomic E-state index is 13.2. The van der Waals surface area contributed by atoms with E-state index in [2.05, 4.69) is 34.6 Å². The topological polar surface area (TPSA) is 117 Å². The van der Waals surface area contributed by atoms with Gasteiger partial charge in [-0.1, -0.05) is 19.0 Å². The van der Waals surface area contributed by atoms with E-state index in [4.69, 9.17) is 4.52 Å². The van der Waals surface area contributed by atoms with E-state index in [1.807, 2.05) is 6.92 Å². The summed E-state index contributed by atoms with van der Waals surface area (Å²) in [6.07, 6.45) is 4.62. The van der Waals surface area contributed by atoms with E-state index in [1.165, 1.54) is 10.5 Å². The molecule has 2 aromatic heterocycles. The maximum Gasteiger partial charge on any atom is 0.273 e. The minimum atomic E-state index is -3.66. The Morgan fingerprint density at radius 2 is 2.06 bits per heavy atom. The van der Waals surface area contributed by atoms with Crippen molar-refractivity contribution in [3.05, 3.63) is 35.9 Å². The van der Waals surface area contributed by atoms with Crippen LogP contribution in [0.1, 0.15) is 68.6 Å². The highest BCUT2D eigenvalue weighted by Crippen LogP contribution is 2.40. The highest BCUT2D eigenvalue weighted by Gasteiger charge is 2.36. The van der Waals surface area contributed by atoms with Gasteiger partial charge in [0.25, 0.3) is 5.91 Å². The third-order valence-corrected chi connectivity index (χ3v) is 7.92. The van der Waals surface area contributed by atoms with Gasteiger partial charge in [-0.15, -0.1) is 0 Å². The molecule has 2 N–H and O–H groups in total. The number of nitrogens with one attached hydrogen (secondary N) is 2. The fraction of sp³-hybridized carbons (Fsp3) is 0.591. The second kappa shape index (κ2) is 9.19. The van der Waals surface area contributed by atoms with Crippen LogP contribution in [0, 0.1) is 5.92 Å². The van der Waals surface area contributed by atoms with Crippen molar-refractivity contribution in [3.8, 4) is 0 Å². The van der Waals surface area contributed by atoms with Gasteiger partial charge in [-0.2, -0.15) is 4.31 Å². The Bertz CT molecular complexity index is 1050. The Morgan fingerprint density at radius 1 is 1.28 bits per heavy atom. The molecule has 1 saturated heterocycles. The van der Waals surface area contributed by atoms with E-state index in [0.717, 1.165) is 25.1 Å². The van der Waals surface area contributed by atoms with Crippen LogP contribution in [0.15, 0.2) is 33.8 Å². The van der Waals surface area contributed by atoms with Crippen LogP contribution in [-0.4, -0.2) is 53.9 Å². The van der Waals surface area contributed by atoms with Crippen molar-refractivity contribution >= 4 is 21.7 Å². The van der Waals surface area contributed by atoms with Crippen molar-refractivity contribution in [2.75, 3.05) is 18.4 Å². The molecule has 0 unspecified atom stereocenters. The lowest BCUT2D eigenvalue weighted by atomic mass is 10.0. The number of piperidine rings is 1. The summed E-state index contributed by atoms with van der Waals surface area (Å²) in [6.45, 7) is 7.15. The third kappa shape index (κ3) is 5.12. The van der Waals surface area contributed by atoms with Crippen LogP contribution in [0.5, 0.6) is 0 Å². The molecule has 1 aliphatic carbocycles. The molecule has 0 bridgehead atoms. The van der Waals surface area contributed by atoms with Gasteiger partial charge >= 0.3 is 0 Å². The standard InChI is InChI=1S/C22H31N5O4S/c1-14(2)12-23-21-7-6-18(13-24-21)32(29,30)27-9-8-17(10-15(27)3)25-22(28)19-11-20(31-26-19)16-4-5-16/h6-7,11,13-17H,4-5,8-10,12H2,1-3H3,(H,23,24)(H,25,28)/t15-,17-/m1/s1. The summed E-state index contributed by atoms with van der Waals surface area (Å²) in [5.74, 6) is 2.01. The van der Waals surface area contributed by atoms with Gasteiger partial charge in [0.05, 0.1) is 0 Å². The quantitative estimate of drug-likeness (QED) is 0.620. The van der Waals surface area contributed by atoms with Crippen molar-refractivity contribution in [1.29, 1.82) is 0 Å². The van der Waals surface area contributed by atoms with Gasteiger partial charge in [0.15, 0.2) is 5.69 Å². The molecule has 0 radical (unpaired) electrons. The lowest BCUT2D eigenvalue weighted by Crippen LogP contribution is -2.50. The van der Waals surface area contributed by atoms with E-state index >= 15 is 0 Å². The molecule has 4 rings (SSSR count). The number of aromatic nitrogens is 2. The molecule has 1 aliphatic heterocycles. The predicted molar refractivity (Wildman–Crippen MR) is 120 cm³/mol. The summed E-state index contributed by atoms with van der Waals surface area (Å²) < 4.78 is 33.1. The first kappa shape index (κ1) is 22.7. The first-order valence-electron chi connectivity index (χ1n) is 11.2. The summed E-state index contributed by atoms with van der Waals surface area (Å²) in [7, 11) is -3.66. The van der Waals surface area contributed by atoms with Crippen LogP contribution in [0.25, 0.3) is 0 Å². The zero-order chi connectivity index (χ0) is 22.9. The Labute approximate surface area is 189 Å². The molecule has 10 heteroatoms. The largest absolute Gasteiger partial charge is 0.370 e. The molecular formula is C22H31N5O4S. The monoisotopic (exact) mass is 461 g/mol. The van der Waals surface area contributed by atoms with Crippen LogP contribution in [0.3, 0.4) is 0 Å². The number of carbonyl (C=O) groups is 1. The number of amides is 1. The molecule has 1 saturated carbocycles. The number of sulfonamides is 1. The molecule has 2 aromatic rings. The molecule has 1 amide bonds. The number of anilines is 1. The van der Waals surface area contributed by atoms with Crippen molar-refractivity contribution in [1.82, 2.24) is 19.8 Å². The van der Waals surface area contributed by atoms with E-state index in [9.17, 15) is 13.2 Å². The molecule has 9 nitrogen and oxygen atoms in total. The van der Waals surface area contributed by atoms with Crippen LogP contribution in [-0.2, 0) is 10.0 Å². The second-order valence-electron chi connectivity index (χ2n) is 9.20. The Balaban J connectivity index is 1.35. The fourth-order valence-electron chi connectivity index (χ4n) is 3.94. The van der Waals surface area contributed by atoms with Crippen LogP contribution >= 0.6 is 0 Å². The van der Waals surface area contributed by atoms with E-state index in [-0.39, 0.29) is 28.6 Å². The van der Waals surface area contributed by atoms with Crippen molar-refractivity contribution in [2.24, 2.45) is 5.92 Å². The molecule has 3 heterocycles. The number of nitrogens with zero attached hydrogens (tertiary/aromatic N) is 3.